The summed E-state index contributed by atoms with van der Waals surface area (Å²) >= 11 is 5.87. The Morgan fingerprint density at radius 2 is 2.00 bits per heavy atom. The molecule has 1 heterocycles. The van der Waals surface area contributed by atoms with E-state index < -0.39 is 0 Å². The van der Waals surface area contributed by atoms with Gasteiger partial charge in [0.15, 0.2) is 0 Å². The number of amides is 2. The number of anilines is 1. The van der Waals surface area contributed by atoms with Crippen LogP contribution in [0.15, 0.2) is 48.5 Å². The van der Waals surface area contributed by atoms with Gasteiger partial charge < -0.3 is 10.2 Å². The van der Waals surface area contributed by atoms with Crippen LogP contribution in [-0.4, -0.2) is 17.5 Å². The van der Waals surface area contributed by atoms with E-state index in [-0.39, 0.29) is 12.1 Å². The molecule has 3 rings (SSSR count). The lowest BCUT2D eigenvalue weighted by molar-refractivity contribution is 0.207. The van der Waals surface area contributed by atoms with Crippen molar-refractivity contribution >= 4 is 23.3 Å². The number of carbonyl (C=O) groups is 1. The average molecular weight is 315 g/mol. The minimum Gasteiger partial charge on any atom is -0.317 e. The van der Waals surface area contributed by atoms with Gasteiger partial charge in [0.25, 0.3) is 0 Å². The van der Waals surface area contributed by atoms with Crippen molar-refractivity contribution in [1.82, 2.24) is 4.90 Å². The smallest absolute Gasteiger partial charge is 0.317 e. The number of carbonyl (C=O) groups excluding carboxylic acids is 1. The summed E-state index contributed by atoms with van der Waals surface area (Å²) in [4.78, 5) is 14.5. The van der Waals surface area contributed by atoms with Crippen molar-refractivity contribution in [2.75, 3.05) is 11.9 Å². The van der Waals surface area contributed by atoms with Crippen LogP contribution in [0.5, 0.6) is 0 Å². The lowest BCUT2D eigenvalue weighted by Crippen LogP contribution is -2.34. The van der Waals surface area contributed by atoms with Gasteiger partial charge in [-0.05, 0) is 49.6 Å². The van der Waals surface area contributed by atoms with E-state index in [4.69, 9.17) is 11.6 Å². The lowest BCUT2D eigenvalue weighted by atomic mass is 10.0. The number of urea groups is 1. The van der Waals surface area contributed by atoms with Crippen LogP contribution < -0.4 is 5.32 Å². The summed E-state index contributed by atoms with van der Waals surface area (Å²) in [6, 6.07) is 15.7. The number of nitrogens with zero attached hydrogens (tertiary/aromatic N) is 1. The van der Waals surface area contributed by atoms with E-state index >= 15 is 0 Å². The second kappa shape index (κ2) is 6.41. The minimum absolute atomic E-state index is 0.0497. The first-order valence-corrected chi connectivity index (χ1v) is 7.91. The molecule has 114 valence electrons. The van der Waals surface area contributed by atoms with Crippen LogP contribution in [0.25, 0.3) is 0 Å². The molecule has 0 saturated carbocycles. The maximum atomic E-state index is 12.6. The van der Waals surface area contributed by atoms with Crippen LogP contribution in [0.3, 0.4) is 0 Å². The Labute approximate surface area is 135 Å². The maximum Gasteiger partial charge on any atom is 0.322 e. The molecular weight excluding hydrogens is 296 g/mol. The summed E-state index contributed by atoms with van der Waals surface area (Å²) < 4.78 is 0. The van der Waals surface area contributed by atoms with Gasteiger partial charge in [0, 0.05) is 17.3 Å². The topological polar surface area (TPSA) is 32.3 Å². The van der Waals surface area contributed by atoms with Gasteiger partial charge in [-0.3, -0.25) is 0 Å². The van der Waals surface area contributed by atoms with Gasteiger partial charge in [-0.25, -0.2) is 4.79 Å². The van der Waals surface area contributed by atoms with E-state index in [1.807, 2.05) is 17.0 Å². The molecule has 4 heteroatoms. The van der Waals surface area contributed by atoms with E-state index in [0.29, 0.717) is 5.02 Å². The van der Waals surface area contributed by atoms with Crippen molar-refractivity contribution in [2.45, 2.75) is 25.8 Å². The largest absolute Gasteiger partial charge is 0.322 e. The van der Waals surface area contributed by atoms with Gasteiger partial charge in [-0.2, -0.15) is 0 Å². The molecule has 0 spiro atoms. The van der Waals surface area contributed by atoms with Crippen LogP contribution in [0.2, 0.25) is 5.02 Å². The number of rotatable bonds is 2. The van der Waals surface area contributed by atoms with Crippen LogP contribution >= 0.6 is 11.6 Å². The molecule has 0 aromatic heterocycles. The molecule has 22 heavy (non-hydrogen) atoms. The van der Waals surface area contributed by atoms with E-state index in [0.717, 1.165) is 25.1 Å². The zero-order valence-electron chi connectivity index (χ0n) is 12.6. The highest BCUT2D eigenvalue weighted by molar-refractivity contribution is 6.30. The van der Waals surface area contributed by atoms with Gasteiger partial charge >= 0.3 is 6.03 Å². The SMILES string of the molecule is Cc1cccc(C2CCCN2C(=O)Nc2ccc(Cl)cc2)c1. The highest BCUT2D eigenvalue weighted by Crippen LogP contribution is 2.32. The molecule has 1 unspecified atom stereocenters. The third-order valence-corrected chi connectivity index (χ3v) is 4.29. The summed E-state index contributed by atoms with van der Waals surface area (Å²) in [6.45, 7) is 2.87. The maximum absolute atomic E-state index is 12.6. The monoisotopic (exact) mass is 314 g/mol. The molecule has 1 saturated heterocycles. The Morgan fingerprint density at radius 3 is 2.73 bits per heavy atom. The van der Waals surface area contributed by atoms with E-state index in [1.54, 1.807) is 12.1 Å². The van der Waals surface area contributed by atoms with Gasteiger partial charge in [-0.1, -0.05) is 41.4 Å². The summed E-state index contributed by atoms with van der Waals surface area (Å²) in [6.07, 6.45) is 2.05. The van der Waals surface area contributed by atoms with Crippen molar-refractivity contribution in [2.24, 2.45) is 0 Å². The average Bonchev–Trinajstić information content (AvgIpc) is 2.99. The first-order chi connectivity index (χ1) is 10.6. The summed E-state index contributed by atoms with van der Waals surface area (Å²) in [7, 11) is 0. The summed E-state index contributed by atoms with van der Waals surface area (Å²) in [5, 5.41) is 3.62. The molecule has 2 aromatic carbocycles. The van der Waals surface area contributed by atoms with Crippen molar-refractivity contribution in [3.05, 3.63) is 64.7 Å². The van der Waals surface area contributed by atoms with Gasteiger partial charge in [-0.15, -0.1) is 0 Å². The fourth-order valence-corrected chi connectivity index (χ4v) is 3.09. The van der Waals surface area contributed by atoms with E-state index in [1.165, 1.54) is 11.1 Å². The van der Waals surface area contributed by atoms with Crippen molar-refractivity contribution in [1.29, 1.82) is 0 Å². The first kappa shape index (κ1) is 14.9. The van der Waals surface area contributed by atoms with Gasteiger partial charge in [0.05, 0.1) is 6.04 Å². The zero-order valence-corrected chi connectivity index (χ0v) is 13.3. The third kappa shape index (κ3) is 3.25. The second-order valence-electron chi connectivity index (χ2n) is 5.70. The number of hydrogen-bond donors (Lipinski definition) is 1. The van der Waals surface area contributed by atoms with E-state index in [2.05, 4.69) is 36.5 Å². The molecule has 2 amide bonds. The molecule has 0 bridgehead atoms. The molecular formula is C18H19ClN2O. The number of benzene rings is 2. The molecule has 0 radical (unpaired) electrons. The van der Waals surface area contributed by atoms with E-state index in [9.17, 15) is 4.79 Å². The quantitative estimate of drug-likeness (QED) is 0.829. The van der Waals surface area contributed by atoms with Crippen molar-refractivity contribution < 1.29 is 4.79 Å². The number of nitrogens with one attached hydrogen (secondary N) is 1. The van der Waals surface area contributed by atoms with Crippen molar-refractivity contribution in [3.8, 4) is 0 Å². The number of hydrogen-bond acceptors (Lipinski definition) is 1. The molecule has 1 aliphatic rings. The second-order valence-corrected chi connectivity index (χ2v) is 6.14. The molecule has 1 fully saturated rings. The van der Waals surface area contributed by atoms with Gasteiger partial charge in [0.2, 0.25) is 0 Å². The fourth-order valence-electron chi connectivity index (χ4n) is 2.96. The summed E-state index contributed by atoms with van der Waals surface area (Å²) in [5.74, 6) is 0. The minimum atomic E-state index is -0.0497. The molecule has 3 nitrogen and oxygen atoms in total. The molecule has 0 aliphatic carbocycles. The highest BCUT2D eigenvalue weighted by atomic mass is 35.5. The standard InChI is InChI=1S/C18H19ClN2O/c1-13-4-2-5-14(12-13)17-6-3-11-21(17)18(22)20-16-9-7-15(19)8-10-16/h2,4-5,7-10,12,17H,3,6,11H2,1H3,(H,20,22). The Kier molecular flexibility index (Phi) is 4.34. The van der Waals surface area contributed by atoms with Crippen LogP contribution in [0.1, 0.15) is 30.0 Å². The summed E-state index contributed by atoms with van der Waals surface area (Å²) in [5.41, 5.74) is 3.20. The Morgan fingerprint density at radius 1 is 1.23 bits per heavy atom. The van der Waals surface area contributed by atoms with Crippen molar-refractivity contribution in [3.63, 3.8) is 0 Å². The van der Waals surface area contributed by atoms with Gasteiger partial charge in [0.1, 0.15) is 0 Å². The van der Waals surface area contributed by atoms with Crippen LogP contribution in [0.4, 0.5) is 10.5 Å². The fraction of sp³-hybridized carbons (Fsp3) is 0.278. The predicted octanol–water partition coefficient (Wildman–Crippen LogP) is 5.02. The van der Waals surface area contributed by atoms with Crippen LogP contribution in [0, 0.1) is 6.92 Å². The predicted molar refractivity (Wildman–Crippen MR) is 90.3 cm³/mol. The number of halogens is 1. The molecule has 1 aliphatic heterocycles. The molecule has 1 N–H and O–H groups in total. The normalized spacial score (nSPS) is 17.5. The molecule has 2 aromatic rings. The molecule has 1 atom stereocenters. The first-order valence-electron chi connectivity index (χ1n) is 7.53. The number of aryl methyl sites for hydroxylation is 1. The lowest BCUT2D eigenvalue weighted by Gasteiger charge is -2.25. The van der Waals surface area contributed by atoms with Crippen LogP contribution in [-0.2, 0) is 0 Å². The zero-order chi connectivity index (χ0) is 15.5. The number of likely N-dealkylation sites (tertiary alicyclic amines) is 1. The Balaban J connectivity index is 1.75. The third-order valence-electron chi connectivity index (χ3n) is 4.04. The highest BCUT2D eigenvalue weighted by Gasteiger charge is 2.29. The Hall–Kier alpha value is -2.00. The Bertz CT molecular complexity index is 669.